The monoisotopic (exact) mass is 408 g/mol. The lowest BCUT2D eigenvalue weighted by molar-refractivity contribution is 0.0527. The number of anilines is 1. The Labute approximate surface area is 173 Å². The van der Waals surface area contributed by atoms with Gasteiger partial charge in [0.15, 0.2) is 0 Å². The summed E-state index contributed by atoms with van der Waals surface area (Å²) in [6.07, 6.45) is 2.23. The van der Waals surface area contributed by atoms with Gasteiger partial charge in [0.25, 0.3) is 0 Å². The summed E-state index contributed by atoms with van der Waals surface area (Å²) in [6.45, 7) is 4.60. The molecule has 0 spiro atoms. The van der Waals surface area contributed by atoms with Crippen LogP contribution >= 0.6 is 11.6 Å². The number of aromatic nitrogens is 3. The molecule has 0 saturated carbocycles. The lowest BCUT2D eigenvalue weighted by Crippen LogP contribution is -2.13. The van der Waals surface area contributed by atoms with Crippen molar-refractivity contribution in [3.8, 4) is 0 Å². The van der Waals surface area contributed by atoms with E-state index in [-0.39, 0.29) is 0 Å². The number of pyridine rings is 1. The summed E-state index contributed by atoms with van der Waals surface area (Å²) in [5.74, 6) is 0.467. The maximum Gasteiger partial charge on any atom is 0.341 e. The number of ether oxygens (including phenoxy) is 1. The molecule has 4 rings (SSSR count). The first kappa shape index (κ1) is 19.2. The van der Waals surface area contributed by atoms with Crippen LogP contribution in [0.2, 0.25) is 5.02 Å². The molecular weight excluding hydrogens is 388 g/mol. The Morgan fingerprint density at radius 1 is 1.28 bits per heavy atom. The molecule has 0 aliphatic carbocycles. The van der Waals surface area contributed by atoms with Gasteiger partial charge in [0.2, 0.25) is 0 Å². The SMILES string of the molecule is CCOC(=O)c1cnc2c(C)cc(Cl)cc2c1NCCc1nc2ccccc2[nH]1. The van der Waals surface area contributed by atoms with Crippen LogP contribution in [0.5, 0.6) is 0 Å². The number of nitrogens with one attached hydrogen (secondary N) is 2. The largest absolute Gasteiger partial charge is 0.462 e. The normalized spacial score (nSPS) is 11.1. The van der Waals surface area contributed by atoms with Crippen LogP contribution in [-0.2, 0) is 11.2 Å². The average molecular weight is 409 g/mol. The van der Waals surface area contributed by atoms with Crippen molar-refractivity contribution in [3.63, 3.8) is 0 Å². The lowest BCUT2D eigenvalue weighted by atomic mass is 10.1. The summed E-state index contributed by atoms with van der Waals surface area (Å²) < 4.78 is 5.21. The third kappa shape index (κ3) is 3.89. The zero-order valence-electron chi connectivity index (χ0n) is 16.3. The third-order valence-electron chi connectivity index (χ3n) is 4.72. The van der Waals surface area contributed by atoms with Gasteiger partial charge >= 0.3 is 5.97 Å². The molecule has 2 aromatic carbocycles. The molecule has 2 N–H and O–H groups in total. The van der Waals surface area contributed by atoms with Gasteiger partial charge in [-0.1, -0.05) is 23.7 Å². The fraction of sp³-hybridized carbons (Fsp3) is 0.227. The second-order valence-corrected chi connectivity index (χ2v) is 7.20. The second kappa shape index (κ2) is 8.09. The summed E-state index contributed by atoms with van der Waals surface area (Å²) in [4.78, 5) is 24.9. The van der Waals surface area contributed by atoms with Gasteiger partial charge in [0.05, 0.1) is 28.8 Å². The molecule has 0 radical (unpaired) electrons. The van der Waals surface area contributed by atoms with Gasteiger partial charge < -0.3 is 15.0 Å². The van der Waals surface area contributed by atoms with Crippen molar-refractivity contribution in [1.29, 1.82) is 0 Å². The number of para-hydroxylation sites is 2. The quantitative estimate of drug-likeness (QED) is 0.443. The van der Waals surface area contributed by atoms with Crippen LogP contribution < -0.4 is 5.32 Å². The molecule has 0 unspecified atom stereocenters. The Morgan fingerprint density at radius 2 is 2.10 bits per heavy atom. The standard InChI is InChI=1S/C22H21ClN4O2/c1-3-29-22(28)16-12-25-20-13(2)10-14(23)11-15(20)21(16)24-9-8-19-26-17-6-4-5-7-18(17)27-19/h4-7,10-12H,3,8-9H2,1-2H3,(H,24,25)(H,26,27). The highest BCUT2D eigenvalue weighted by Crippen LogP contribution is 2.31. The van der Waals surface area contributed by atoms with E-state index >= 15 is 0 Å². The Balaban J connectivity index is 1.66. The number of rotatable bonds is 6. The van der Waals surface area contributed by atoms with Crippen LogP contribution in [0.1, 0.15) is 28.7 Å². The molecule has 7 heteroatoms. The van der Waals surface area contributed by atoms with Crippen molar-refractivity contribution in [2.45, 2.75) is 20.3 Å². The molecule has 0 bridgehead atoms. The molecule has 0 atom stereocenters. The van der Waals surface area contributed by atoms with Crippen LogP contribution in [0.15, 0.2) is 42.6 Å². The number of nitrogens with zero attached hydrogens (tertiary/aromatic N) is 2. The highest BCUT2D eigenvalue weighted by Gasteiger charge is 2.18. The number of hydrogen-bond donors (Lipinski definition) is 2. The molecule has 0 fully saturated rings. The van der Waals surface area contributed by atoms with E-state index in [4.69, 9.17) is 16.3 Å². The topological polar surface area (TPSA) is 79.9 Å². The van der Waals surface area contributed by atoms with Crippen LogP contribution in [-0.4, -0.2) is 34.1 Å². The minimum Gasteiger partial charge on any atom is -0.462 e. The fourth-order valence-corrected chi connectivity index (χ4v) is 3.69. The number of H-pyrrole nitrogens is 1. The average Bonchev–Trinajstić information content (AvgIpc) is 3.11. The van der Waals surface area contributed by atoms with Gasteiger partial charge in [-0.25, -0.2) is 9.78 Å². The molecule has 29 heavy (non-hydrogen) atoms. The Hall–Kier alpha value is -3.12. The number of esters is 1. The summed E-state index contributed by atoms with van der Waals surface area (Å²) in [6, 6.07) is 11.6. The molecule has 148 valence electrons. The molecule has 0 saturated heterocycles. The number of carbonyl (C=O) groups is 1. The number of aryl methyl sites for hydroxylation is 1. The fourth-order valence-electron chi connectivity index (χ4n) is 3.42. The van der Waals surface area contributed by atoms with E-state index in [2.05, 4.69) is 20.3 Å². The van der Waals surface area contributed by atoms with Gasteiger partial charge in [-0.15, -0.1) is 0 Å². The molecular formula is C22H21ClN4O2. The molecule has 2 heterocycles. The zero-order chi connectivity index (χ0) is 20.4. The van der Waals surface area contributed by atoms with Crippen molar-refractivity contribution < 1.29 is 9.53 Å². The predicted molar refractivity (Wildman–Crippen MR) is 116 cm³/mol. The van der Waals surface area contributed by atoms with Crippen LogP contribution in [0.3, 0.4) is 0 Å². The van der Waals surface area contributed by atoms with Gasteiger partial charge in [-0.05, 0) is 43.7 Å². The van der Waals surface area contributed by atoms with E-state index in [0.717, 1.165) is 33.3 Å². The minimum absolute atomic E-state index is 0.296. The predicted octanol–water partition coefficient (Wildman–Crippen LogP) is 4.90. The number of halogens is 1. The Bertz CT molecular complexity index is 1170. The maximum absolute atomic E-state index is 12.5. The number of aromatic amines is 1. The summed E-state index contributed by atoms with van der Waals surface area (Å²) in [5, 5.41) is 4.78. The Kier molecular flexibility index (Phi) is 5.36. The maximum atomic E-state index is 12.5. The number of carbonyl (C=O) groups excluding carboxylic acids is 1. The molecule has 0 aliphatic rings. The van der Waals surface area contributed by atoms with Crippen molar-refractivity contribution >= 4 is 45.2 Å². The van der Waals surface area contributed by atoms with Gasteiger partial charge in [-0.2, -0.15) is 0 Å². The van der Waals surface area contributed by atoms with E-state index < -0.39 is 5.97 Å². The Morgan fingerprint density at radius 3 is 2.90 bits per heavy atom. The van der Waals surface area contributed by atoms with Crippen molar-refractivity contribution in [2.75, 3.05) is 18.5 Å². The highest BCUT2D eigenvalue weighted by molar-refractivity contribution is 6.31. The smallest absolute Gasteiger partial charge is 0.341 e. The minimum atomic E-state index is -0.411. The number of hydrogen-bond acceptors (Lipinski definition) is 5. The molecule has 6 nitrogen and oxygen atoms in total. The van der Waals surface area contributed by atoms with Gasteiger partial charge in [0.1, 0.15) is 11.4 Å². The van der Waals surface area contributed by atoms with E-state index in [1.807, 2.05) is 43.3 Å². The molecule has 0 amide bonds. The highest BCUT2D eigenvalue weighted by atomic mass is 35.5. The van der Waals surface area contributed by atoms with Crippen molar-refractivity contribution in [1.82, 2.24) is 15.0 Å². The first-order valence-electron chi connectivity index (χ1n) is 9.50. The zero-order valence-corrected chi connectivity index (χ0v) is 17.0. The number of benzene rings is 2. The van der Waals surface area contributed by atoms with Crippen LogP contribution in [0.25, 0.3) is 21.9 Å². The second-order valence-electron chi connectivity index (χ2n) is 6.76. The molecule has 4 aromatic rings. The van der Waals surface area contributed by atoms with Crippen LogP contribution in [0.4, 0.5) is 5.69 Å². The summed E-state index contributed by atoms with van der Waals surface area (Å²) in [5.41, 5.74) is 4.76. The number of imidazole rings is 1. The first-order chi connectivity index (χ1) is 14.1. The third-order valence-corrected chi connectivity index (χ3v) is 4.94. The van der Waals surface area contributed by atoms with Crippen molar-refractivity contribution in [3.05, 3.63) is 64.6 Å². The molecule has 2 aromatic heterocycles. The van der Waals surface area contributed by atoms with Crippen LogP contribution in [0, 0.1) is 6.92 Å². The van der Waals surface area contributed by atoms with E-state index in [1.165, 1.54) is 0 Å². The van der Waals surface area contributed by atoms with Crippen molar-refractivity contribution in [2.24, 2.45) is 0 Å². The van der Waals surface area contributed by atoms with Gasteiger partial charge in [-0.3, -0.25) is 4.98 Å². The molecule has 0 aliphatic heterocycles. The number of fused-ring (bicyclic) bond motifs is 2. The van der Waals surface area contributed by atoms with E-state index in [9.17, 15) is 4.79 Å². The van der Waals surface area contributed by atoms with Gasteiger partial charge in [0, 0.05) is 29.6 Å². The summed E-state index contributed by atoms with van der Waals surface area (Å²) in [7, 11) is 0. The van der Waals surface area contributed by atoms with E-state index in [1.54, 1.807) is 13.1 Å². The first-order valence-corrected chi connectivity index (χ1v) is 9.88. The summed E-state index contributed by atoms with van der Waals surface area (Å²) >= 11 is 6.28. The van der Waals surface area contributed by atoms with E-state index in [0.29, 0.717) is 35.8 Å². The lowest BCUT2D eigenvalue weighted by Gasteiger charge is -2.15.